The predicted octanol–water partition coefficient (Wildman–Crippen LogP) is 4.05. The highest BCUT2D eigenvalue weighted by molar-refractivity contribution is 6.34. The number of pyridine rings is 1. The standard InChI is InChI=1S/C21H17ClN4O2/c1-13-17(16-5-4-6-18(20(16)22)28-15-8-9-15)11-14-12-24-26(21(27)25(13)14)19-7-2-3-10-23-19/h2-7,10-12,15H,8-9H2,1H3. The fourth-order valence-corrected chi connectivity index (χ4v) is 3.60. The van der Waals surface area contributed by atoms with Crippen molar-refractivity contribution >= 4 is 17.1 Å². The van der Waals surface area contributed by atoms with Gasteiger partial charge in [0, 0.05) is 23.0 Å². The van der Waals surface area contributed by atoms with E-state index < -0.39 is 0 Å². The number of benzene rings is 1. The molecule has 0 amide bonds. The summed E-state index contributed by atoms with van der Waals surface area (Å²) in [6, 6.07) is 13.0. The number of fused-ring (bicyclic) bond motifs is 1. The largest absolute Gasteiger partial charge is 0.489 e. The van der Waals surface area contributed by atoms with Gasteiger partial charge in [0.2, 0.25) is 0 Å². The molecule has 4 aromatic rings. The lowest BCUT2D eigenvalue weighted by molar-refractivity contribution is 0.303. The van der Waals surface area contributed by atoms with Gasteiger partial charge in [-0.1, -0.05) is 29.8 Å². The van der Waals surface area contributed by atoms with Crippen molar-refractivity contribution in [2.24, 2.45) is 0 Å². The second-order valence-corrected chi connectivity index (χ2v) is 7.24. The van der Waals surface area contributed by atoms with Crippen LogP contribution in [0.3, 0.4) is 0 Å². The first kappa shape index (κ1) is 17.0. The Morgan fingerprint density at radius 2 is 2.00 bits per heavy atom. The topological polar surface area (TPSA) is 61.4 Å². The van der Waals surface area contributed by atoms with E-state index in [1.54, 1.807) is 28.9 Å². The maximum Gasteiger partial charge on any atom is 0.355 e. The molecule has 140 valence electrons. The van der Waals surface area contributed by atoms with Gasteiger partial charge in [-0.2, -0.15) is 9.78 Å². The second-order valence-electron chi connectivity index (χ2n) is 6.87. The highest BCUT2D eigenvalue weighted by Gasteiger charge is 2.25. The van der Waals surface area contributed by atoms with Crippen LogP contribution < -0.4 is 10.4 Å². The van der Waals surface area contributed by atoms with Gasteiger partial charge in [-0.15, -0.1) is 0 Å². The average Bonchev–Trinajstić information content (AvgIpc) is 3.46. The molecule has 3 heterocycles. The van der Waals surface area contributed by atoms with Gasteiger partial charge in [-0.25, -0.2) is 9.78 Å². The number of aryl methyl sites for hydroxylation is 1. The van der Waals surface area contributed by atoms with E-state index >= 15 is 0 Å². The summed E-state index contributed by atoms with van der Waals surface area (Å²) < 4.78 is 8.82. The highest BCUT2D eigenvalue weighted by Crippen LogP contribution is 2.39. The number of rotatable bonds is 4. The van der Waals surface area contributed by atoms with Crippen LogP contribution in [0.2, 0.25) is 5.02 Å². The van der Waals surface area contributed by atoms with Crippen molar-refractivity contribution in [2.45, 2.75) is 25.9 Å². The molecular formula is C21H17ClN4O2. The summed E-state index contributed by atoms with van der Waals surface area (Å²) in [6.45, 7) is 1.90. The summed E-state index contributed by atoms with van der Waals surface area (Å²) in [5.41, 5.74) is 2.93. The minimum absolute atomic E-state index is 0.261. The van der Waals surface area contributed by atoms with E-state index in [0.717, 1.165) is 29.7 Å². The van der Waals surface area contributed by atoms with Crippen LogP contribution in [0.15, 0.2) is 59.7 Å². The molecule has 1 aliphatic rings. The third-order valence-electron chi connectivity index (χ3n) is 4.89. The molecule has 1 aromatic carbocycles. The lowest BCUT2D eigenvalue weighted by Crippen LogP contribution is -2.28. The Morgan fingerprint density at radius 1 is 1.14 bits per heavy atom. The Balaban J connectivity index is 1.67. The minimum Gasteiger partial charge on any atom is -0.489 e. The number of hydrogen-bond donors (Lipinski definition) is 0. The van der Waals surface area contributed by atoms with Crippen LogP contribution in [-0.4, -0.2) is 25.3 Å². The van der Waals surface area contributed by atoms with Crippen LogP contribution in [0, 0.1) is 6.92 Å². The monoisotopic (exact) mass is 392 g/mol. The Bertz CT molecular complexity index is 1240. The fraction of sp³-hybridized carbons (Fsp3) is 0.190. The Hall–Kier alpha value is -3.12. The van der Waals surface area contributed by atoms with Crippen LogP contribution >= 0.6 is 11.6 Å². The van der Waals surface area contributed by atoms with Gasteiger partial charge < -0.3 is 4.74 Å². The van der Waals surface area contributed by atoms with Gasteiger partial charge in [0.05, 0.1) is 22.8 Å². The molecule has 0 bridgehead atoms. The quantitative estimate of drug-likeness (QED) is 0.525. The van der Waals surface area contributed by atoms with E-state index in [0.29, 0.717) is 22.1 Å². The summed E-state index contributed by atoms with van der Waals surface area (Å²) in [7, 11) is 0. The number of aromatic nitrogens is 4. The van der Waals surface area contributed by atoms with Crippen molar-refractivity contribution < 1.29 is 4.74 Å². The van der Waals surface area contributed by atoms with Gasteiger partial charge in [-0.05, 0) is 44.0 Å². The molecule has 0 radical (unpaired) electrons. The molecule has 1 aliphatic carbocycles. The first-order valence-corrected chi connectivity index (χ1v) is 9.48. The predicted molar refractivity (Wildman–Crippen MR) is 107 cm³/mol. The Morgan fingerprint density at radius 3 is 2.75 bits per heavy atom. The van der Waals surface area contributed by atoms with Crippen molar-refractivity contribution in [3.63, 3.8) is 0 Å². The zero-order chi connectivity index (χ0) is 19.3. The molecule has 7 heteroatoms. The van der Waals surface area contributed by atoms with Crippen molar-refractivity contribution in [1.82, 2.24) is 19.2 Å². The molecule has 0 N–H and O–H groups in total. The van der Waals surface area contributed by atoms with Gasteiger partial charge in [0.15, 0.2) is 5.82 Å². The van der Waals surface area contributed by atoms with Crippen LogP contribution in [0.25, 0.3) is 22.5 Å². The summed E-state index contributed by atoms with van der Waals surface area (Å²) in [5.74, 6) is 1.15. The van der Waals surface area contributed by atoms with Crippen LogP contribution in [0.5, 0.6) is 5.75 Å². The lowest BCUT2D eigenvalue weighted by Gasteiger charge is -2.10. The molecule has 3 aromatic heterocycles. The van der Waals surface area contributed by atoms with Crippen molar-refractivity contribution in [2.75, 3.05) is 0 Å². The first-order chi connectivity index (χ1) is 13.6. The third kappa shape index (κ3) is 2.77. The molecule has 0 spiro atoms. The summed E-state index contributed by atoms with van der Waals surface area (Å²) >= 11 is 6.64. The normalized spacial score (nSPS) is 13.8. The van der Waals surface area contributed by atoms with Gasteiger partial charge in [-0.3, -0.25) is 4.40 Å². The fourth-order valence-electron chi connectivity index (χ4n) is 3.32. The third-order valence-corrected chi connectivity index (χ3v) is 5.28. The molecular weight excluding hydrogens is 376 g/mol. The van der Waals surface area contributed by atoms with E-state index in [1.165, 1.54) is 4.68 Å². The second kappa shape index (κ2) is 6.49. The van der Waals surface area contributed by atoms with Crippen LogP contribution in [0.1, 0.15) is 18.5 Å². The zero-order valence-electron chi connectivity index (χ0n) is 15.2. The molecule has 28 heavy (non-hydrogen) atoms. The van der Waals surface area contributed by atoms with E-state index in [1.807, 2.05) is 37.3 Å². The van der Waals surface area contributed by atoms with Crippen molar-refractivity contribution in [3.8, 4) is 22.7 Å². The number of ether oxygens (including phenoxy) is 1. The first-order valence-electron chi connectivity index (χ1n) is 9.11. The van der Waals surface area contributed by atoms with Crippen LogP contribution in [-0.2, 0) is 0 Å². The summed E-state index contributed by atoms with van der Waals surface area (Å²) in [4.78, 5) is 17.3. The zero-order valence-corrected chi connectivity index (χ0v) is 15.9. The lowest BCUT2D eigenvalue weighted by atomic mass is 10.1. The molecule has 1 saturated carbocycles. The van der Waals surface area contributed by atoms with E-state index in [4.69, 9.17) is 16.3 Å². The van der Waals surface area contributed by atoms with E-state index in [2.05, 4.69) is 10.1 Å². The van der Waals surface area contributed by atoms with Crippen molar-refractivity contribution in [3.05, 3.63) is 76.1 Å². The SMILES string of the molecule is Cc1c(-c2cccc(OC3CC3)c2Cl)cc2cnn(-c3ccccn3)c(=O)n12. The molecule has 5 rings (SSSR count). The molecule has 1 fully saturated rings. The summed E-state index contributed by atoms with van der Waals surface area (Å²) in [6.07, 6.45) is 5.68. The minimum atomic E-state index is -0.276. The molecule has 0 saturated heterocycles. The Kier molecular flexibility index (Phi) is 3.94. The average molecular weight is 393 g/mol. The number of nitrogens with zero attached hydrogens (tertiary/aromatic N) is 4. The molecule has 6 nitrogen and oxygen atoms in total. The van der Waals surface area contributed by atoms with Gasteiger partial charge >= 0.3 is 5.69 Å². The van der Waals surface area contributed by atoms with Crippen LogP contribution in [0.4, 0.5) is 0 Å². The highest BCUT2D eigenvalue weighted by atomic mass is 35.5. The number of hydrogen-bond acceptors (Lipinski definition) is 4. The Labute approximate surface area is 166 Å². The molecule has 0 aliphatic heterocycles. The van der Waals surface area contributed by atoms with E-state index in [9.17, 15) is 4.79 Å². The summed E-state index contributed by atoms with van der Waals surface area (Å²) in [5, 5.41) is 4.84. The smallest absolute Gasteiger partial charge is 0.355 e. The van der Waals surface area contributed by atoms with Crippen molar-refractivity contribution in [1.29, 1.82) is 0 Å². The van der Waals surface area contributed by atoms with Gasteiger partial charge in [0.1, 0.15) is 5.75 Å². The number of halogens is 1. The maximum absolute atomic E-state index is 13.1. The molecule has 0 atom stereocenters. The molecule has 0 unspecified atom stereocenters. The van der Waals surface area contributed by atoms with E-state index in [-0.39, 0.29) is 11.8 Å². The maximum atomic E-state index is 13.1. The van der Waals surface area contributed by atoms with Gasteiger partial charge in [0.25, 0.3) is 0 Å².